The average molecular weight is 281 g/mol. The van der Waals surface area contributed by atoms with Crippen molar-refractivity contribution in [2.75, 3.05) is 20.2 Å². The van der Waals surface area contributed by atoms with E-state index in [2.05, 4.69) is 10.6 Å². The average Bonchev–Trinajstić information content (AvgIpc) is 2.45. The summed E-state index contributed by atoms with van der Waals surface area (Å²) in [5.41, 5.74) is 0.669. The van der Waals surface area contributed by atoms with E-state index in [-0.39, 0.29) is 24.0 Å². The largest absolute Gasteiger partial charge is 0.477 e. The second-order valence-electron chi connectivity index (χ2n) is 4.20. The topological polar surface area (TPSA) is 93.5 Å². The van der Waals surface area contributed by atoms with Crippen molar-refractivity contribution in [3.05, 3.63) is 33.9 Å². The van der Waals surface area contributed by atoms with Crippen molar-refractivity contribution in [2.45, 2.75) is 19.9 Å². The van der Waals surface area contributed by atoms with Crippen LogP contribution in [0.1, 0.15) is 18.9 Å². The van der Waals surface area contributed by atoms with E-state index in [0.717, 1.165) is 18.5 Å². The van der Waals surface area contributed by atoms with Crippen LogP contribution >= 0.6 is 0 Å². The molecular weight excluding hydrogens is 262 g/mol. The molecule has 0 saturated heterocycles. The number of likely N-dealkylation sites (N-methyl/N-ethyl adjacent to an activating group) is 1. The van der Waals surface area contributed by atoms with Crippen LogP contribution in [-0.2, 0) is 11.3 Å². The first-order valence-electron chi connectivity index (χ1n) is 6.40. The van der Waals surface area contributed by atoms with Crippen LogP contribution in [0.15, 0.2) is 18.2 Å². The number of benzene rings is 1. The fraction of sp³-hybridized carbons (Fsp3) is 0.462. The second kappa shape index (κ2) is 8.11. The van der Waals surface area contributed by atoms with Gasteiger partial charge < -0.3 is 15.4 Å². The van der Waals surface area contributed by atoms with Gasteiger partial charge in [-0.3, -0.25) is 14.9 Å². The summed E-state index contributed by atoms with van der Waals surface area (Å²) in [5.74, 6) is -0.245. The Labute approximate surface area is 117 Å². The number of hydrogen-bond donors (Lipinski definition) is 2. The van der Waals surface area contributed by atoms with E-state index in [1.54, 1.807) is 6.07 Å². The van der Waals surface area contributed by atoms with Gasteiger partial charge in [-0.05, 0) is 24.6 Å². The van der Waals surface area contributed by atoms with Crippen molar-refractivity contribution >= 4 is 11.6 Å². The summed E-state index contributed by atoms with van der Waals surface area (Å²) < 4.78 is 5.16. The lowest BCUT2D eigenvalue weighted by Gasteiger charge is -2.08. The van der Waals surface area contributed by atoms with Crippen LogP contribution < -0.4 is 15.4 Å². The van der Waals surface area contributed by atoms with E-state index in [1.807, 2.05) is 6.92 Å². The number of carbonyl (C=O) groups is 1. The van der Waals surface area contributed by atoms with Crippen molar-refractivity contribution in [3.63, 3.8) is 0 Å². The van der Waals surface area contributed by atoms with E-state index in [1.165, 1.54) is 19.2 Å². The van der Waals surface area contributed by atoms with Gasteiger partial charge in [-0.15, -0.1) is 0 Å². The molecule has 1 aromatic rings. The van der Waals surface area contributed by atoms with Gasteiger partial charge in [0.1, 0.15) is 0 Å². The third-order valence-corrected chi connectivity index (χ3v) is 2.61. The summed E-state index contributed by atoms with van der Waals surface area (Å²) in [6.45, 7) is 3.21. The van der Waals surface area contributed by atoms with E-state index in [4.69, 9.17) is 4.74 Å². The molecule has 0 heterocycles. The lowest BCUT2D eigenvalue weighted by Crippen LogP contribution is -2.25. The van der Waals surface area contributed by atoms with Crippen molar-refractivity contribution in [1.29, 1.82) is 0 Å². The van der Waals surface area contributed by atoms with Gasteiger partial charge in [0.05, 0.1) is 4.92 Å². The molecule has 0 aliphatic rings. The molecule has 20 heavy (non-hydrogen) atoms. The Kier molecular flexibility index (Phi) is 6.45. The summed E-state index contributed by atoms with van der Waals surface area (Å²) in [4.78, 5) is 21.6. The zero-order chi connectivity index (χ0) is 15.0. The predicted molar refractivity (Wildman–Crippen MR) is 74.7 cm³/mol. The van der Waals surface area contributed by atoms with Crippen LogP contribution in [0.25, 0.3) is 0 Å². The van der Waals surface area contributed by atoms with Crippen LogP contribution in [0.5, 0.6) is 5.75 Å². The summed E-state index contributed by atoms with van der Waals surface area (Å²) >= 11 is 0. The summed E-state index contributed by atoms with van der Waals surface area (Å²) in [6.07, 6.45) is 0.995. The SMILES string of the molecule is CCCNCc1ccc(OCC(=O)NC)c([N+](=O)[O-])c1. The van der Waals surface area contributed by atoms with Gasteiger partial charge in [0.25, 0.3) is 5.91 Å². The molecule has 0 aliphatic heterocycles. The highest BCUT2D eigenvalue weighted by Gasteiger charge is 2.16. The fourth-order valence-corrected chi connectivity index (χ4v) is 1.56. The number of ether oxygens (including phenoxy) is 1. The van der Waals surface area contributed by atoms with Crippen LogP contribution in [0.3, 0.4) is 0 Å². The van der Waals surface area contributed by atoms with E-state index in [0.29, 0.717) is 6.54 Å². The molecule has 0 bridgehead atoms. The van der Waals surface area contributed by atoms with Crippen LogP contribution in [0.4, 0.5) is 5.69 Å². The molecule has 7 nitrogen and oxygen atoms in total. The number of rotatable bonds is 8. The minimum atomic E-state index is -0.511. The smallest absolute Gasteiger partial charge is 0.311 e. The Morgan fingerprint density at radius 3 is 2.80 bits per heavy atom. The zero-order valence-corrected chi connectivity index (χ0v) is 11.6. The third kappa shape index (κ3) is 4.85. The molecule has 1 aromatic carbocycles. The molecule has 0 radical (unpaired) electrons. The first-order chi connectivity index (χ1) is 9.58. The predicted octanol–water partition coefficient (Wildman–Crippen LogP) is 1.22. The first-order valence-corrected chi connectivity index (χ1v) is 6.40. The molecule has 0 atom stereocenters. The number of carbonyl (C=O) groups excluding carboxylic acids is 1. The summed E-state index contributed by atoms with van der Waals surface area (Å²) in [5, 5.41) is 16.6. The van der Waals surface area contributed by atoms with Gasteiger partial charge in [-0.25, -0.2) is 0 Å². The number of nitrogens with one attached hydrogen (secondary N) is 2. The van der Waals surface area contributed by atoms with Crippen molar-refractivity contribution in [1.82, 2.24) is 10.6 Å². The third-order valence-electron chi connectivity index (χ3n) is 2.61. The Morgan fingerprint density at radius 2 is 2.20 bits per heavy atom. The summed E-state index contributed by atoms with van der Waals surface area (Å²) in [7, 11) is 1.47. The molecule has 0 aliphatic carbocycles. The number of nitro benzene ring substituents is 1. The molecule has 1 rings (SSSR count). The van der Waals surface area contributed by atoms with Crippen LogP contribution in [0, 0.1) is 10.1 Å². The Balaban J connectivity index is 2.79. The number of amides is 1. The normalized spacial score (nSPS) is 10.1. The molecule has 0 spiro atoms. The molecule has 2 N–H and O–H groups in total. The molecule has 1 amide bonds. The number of nitro groups is 1. The van der Waals surface area contributed by atoms with E-state index < -0.39 is 4.92 Å². The Morgan fingerprint density at radius 1 is 1.45 bits per heavy atom. The number of hydrogen-bond acceptors (Lipinski definition) is 5. The zero-order valence-electron chi connectivity index (χ0n) is 11.6. The minimum absolute atomic E-state index is 0.0952. The maximum Gasteiger partial charge on any atom is 0.311 e. The fourth-order valence-electron chi connectivity index (χ4n) is 1.56. The highest BCUT2D eigenvalue weighted by molar-refractivity contribution is 5.77. The standard InChI is InChI=1S/C13H19N3O4/c1-3-6-15-8-10-4-5-12(11(7-10)16(18)19)20-9-13(17)14-2/h4-5,7,15H,3,6,8-9H2,1-2H3,(H,14,17). The van der Waals surface area contributed by atoms with Crippen molar-refractivity contribution in [2.24, 2.45) is 0 Å². The van der Waals surface area contributed by atoms with Gasteiger partial charge in [0.15, 0.2) is 12.4 Å². The van der Waals surface area contributed by atoms with E-state index >= 15 is 0 Å². The van der Waals surface area contributed by atoms with Crippen molar-refractivity contribution in [3.8, 4) is 5.75 Å². The quantitative estimate of drug-likeness (QED) is 0.424. The second-order valence-corrected chi connectivity index (χ2v) is 4.20. The number of nitrogens with zero attached hydrogens (tertiary/aromatic N) is 1. The highest BCUT2D eigenvalue weighted by atomic mass is 16.6. The Bertz CT molecular complexity index is 477. The molecule has 7 heteroatoms. The highest BCUT2D eigenvalue weighted by Crippen LogP contribution is 2.27. The van der Waals surface area contributed by atoms with Crippen molar-refractivity contribution < 1.29 is 14.5 Å². The van der Waals surface area contributed by atoms with Gasteiger partial charge in [-0.2, -0.15) is 0 Å². The molecule has 0 aromatic heterocycles. The van der Waals surface area contributed by atoms with Gasteiger partial charge in [0.2, 0.25) is 0 Å². The van der Waals surface area contributed by atoms with Gasteiger partial charge in [0, 0.05) is 19.7 Å². The molecule has 0 unspecified atom stereocenters. The van der Waals surface area contributed by atoms with Gasteiger partial charge in [-0.1, -0.05) is 13.0 Å². The first kappa shape index (κ1) is 15.9. The van der Waals surface area contributed by atoms with E-state index in [9.17, 15) is 14.9 Å². The lowest BCUT2D eigenvalue weighted by atomic mass is 10.2. The van der Waals surface area contributed by atoms with Gasteiger partial charge >= 0.3 is 5.69 Å². The lowest BCUT2D eigenvalue weighted by molar-refractivity contribution is -0.385. The van der Waals surface area contributed by atoms with Crippen LogP contribution in [-0.4, -0.2) is 31.0 Å². The minimum Gasteiger partial charge on any atom is -0.477 e. The molecule has 0 fully saturated rings. The maximum atomic E-state index is 11.1. The molecule has 110 valence electrons. The summed E-state index contributed by atoms with van der Waals surface area (Å²) in [6, 6.07) is 4.72. The van der Waals surface area contributed by atoms with Crippen LogP contribution in [0.2, 0.25) is 0 Å². The molecule has 0 saturated carbocycles. The Hall–Kier alpha value is -2.15. The monoisotopic (exact) mass is 281 g/mol. The molecular formula is C13H19N3O4. The maximum absolute atomic E-state index is 11.1.